The van der Waals surface area contributed by atoms with Gasteiger partial charge in [-0.2, -0.15) is 0 Å². The maximum absolute atomic E-state index is 14.0. The number of fused-ring (bicyclic) bond motifs is 1. The molecule has 2 amide bonds. The molecule has 1 fully saturated rings. The van der Waals surface area contributed by atoms with E-state index in [1.807, 2.05) is 28.7 Å². The molecule has 5 rings (SSSR count). The molecular formula is C30H33IN2O10. The fraction of sp³-hybridized carbons (Fsp3) is 0.433. The van der Waals surface area contributed by atoms with Gasteiger partial charge in [0.15, 0.2) is 23.0 Å². The molecule has 1 saturated heterocycles. The SMILES string of the molecule is COc1cc(C=O)cc(I)c1O[C@H]1C=C(C(=O)NCCO)C[C@@H](N(Cc2ccc3c(c2)OCO3)C(=O)C2CCCO2)[C@@H]1O. The lowest BCUT2D eigenvalue weighted by Crippen LogP contribution is -2.56. The second-order valence-electron chi connectivity index (χ2n) is 10.3. The van der Waals surface area contributed by atoms with Crippen LogP contribution >= 0.6 is 22.6 Å². The van der Waals surface area contributed by atoms with Gasteiger partial charge in [-0.15, -0.1) is 0 Å². The molecule has 0 saturated carbocycles. The second-order valence-corrected chi connectivity index (χ2v) is 11.5. The van der Waals surface area contributed by atoms with E-state index in [1.54, 1.807) is 23.1 Å². The van der Waals surface area contributed by atoms with Crippen LogP contribution in [0.5, 0.6) is 23.0 Å². The number of hydrogen-bond donors (Lipinski definition) is 3. The standard InChI is InChI=1S/C30H33IN2O10/c1-39-26-11-18(15-35)9-20(31)28(26)43-25-13-19(29(37)32-6-7-34)12-21(27(25)36)33(30(38)23-3-2-8-40-23)14-17-4-5-22-24(10-17)42-16-41-22/h4-5,9-11,13,15,21,23,25,27,34,36H,2-3,6-8,12,14,16H2,1H3,(H,32,37)/t21-,23?,25+,27+/m1/s1. The number of hydrogen-bond acceptors (Lipinski definition) is 10. The average molecular weight is 709 g/mol. The van der Waals surface area contributed by atoms with Crippen molar-refractivity contribution < 1.29 is 48.3 Å². The number of aldehydes is 1. The molecule has 43 heavy (non-hydrogen) atoms. The molecule has 12 nitrogen and oxygen atoms in total. The van der Waals surface area contributed by atoms with Crippen molar-refractivity contribution in [3.05, 3.63) is 56.7 Å². The van der Waals surface area contributed by atoms with Gasteiger partial charge >= 0.3 is 0 Å². The number of benzene rings is 2. The molecule has 2 aromatic carbocycles. The van der Waals surface area contributed by atoms with Gasteiger partial charge in [-0.25, -0.2) is 0 Å². The normalized spacial score (nSPS) is 22.5. The van der Waals surface area contributed by atoms with Crippen LogP contribution in [0.25, 0.3) is 0 Å². The van der Waals surface area contributed by atoms with Gasteiger partial charge in [-0.1, -0.05) is 6.07 Å². The molecular weight excluding hydrogens is 675 g/mol. The van der Waals surface area contributed by atoms with E-state index in [0.717, 1.165) is 12.0 Å². The molecule has 0 aromatic heterocycles. The molecule has 2 aromatic rings. The molecule has 4 atom stereocenters. The monoisotopic (exact) mass is 708 g/mol. The largest absolute Gasteiger partial charge is 0.493 e. The highest BCUT2D eigenvalue weighted by molar-refractivity contribution is 14.1. The molecule has 230 valence electrons. The third-order valence-corrected chi connectivity index (χ3v) is 8.34. The third kappa shape index (κ3) is 6.89. The first-order valence-electron chi connectivity index (χ1n) is 13.9. The first kappa shape index (κ1) is 31.0. The number of amides is 2. The lowest BCUT2D eigenvalue weighted by Gasteiger charge is -2.41. The molecule has 2 aliphatic heterocycles. The van der Waals surface area contributed by atoms with Crippen molar-refractivity contribution in [3.8, 4) is 23.0 Å². The first-order valence-corrected chi connectivity index (χ1v) is 15.0. The summed E-state index contributed by atoms with van der Waals surface area (Å²) in [5.41, 5.74) is 1.40. The number of aliphatic hydroxyl groups is 2. The van der Waals surface area contributed by atoms with Crippen molar-refractivity contribution in [3.63, 3.8) is 0 Å². The van der Waals surface area contributed by atoms with Gasteiger partial charge in [-0.3, -0.25) is 14.4 Å². The van der Waals surface area contributed by atoms with Crippen molar-refractivity contribution in [1.82, 2.24) is 10.2 Å². The second kappa shape index (κ2) is 13.9. The number of nitrogens with zero attached hydrogens (tertiary/aromatic N) is 1. The Morgan fingerprint density at radius 2 is 2.02 bits per heavy atom. The van der Waals surface area contributed by atoms with Crippen LogP contribution in [0.3, 0.4) is 0 Å². The van der Waals surface area contributed by atoms with Gasteiger partial charge in [0.25, 0.3) is 5.91 Å². The number of nitrogens with one attached hydrogen (secondary N) is 1. The summed E-state index contributed by atoms with van der Waals surface area (Å²) in [6.07, 6.45) is 0.485. The summed E-state index contributed by atoms with van der Waals surface area (Å²) in [5, 5.41) is 23.7. The number of halogens is 1. The fourth-order valence-electron chi connectivity index (χ4n) is 5.39. The summed E-state index contributed by atoms with van der Waals surface area (Å²) in [6, 6.07) is 7.62. The van der Waals surface area contributed by atoms with E-state index in [9.17, 15) is 24.6 Å². The summed E-state index contributed by atoms with van der Waals surface area (Å²) in [5.74, 6) is 0.939. The highest BCUT2D eigenvalue weighted by atomic mass is 127. The maximum Gasteiger partial charge on any atom is 0.252 e. The Hall–Kier alpha value is -3.40. The molecule has 2 heterocycles. The van der Waals surface area contributed by atoms with Crippen molar-refractivity contribution in [1.29, 1.82) is 0 Å². The molecule has 1 unspecified atom stereocenters. The molecule has 3 N–H and O–H groups in total. The zero-order chi connectivity index (χ0) is 30.5. The van der Waals surface area contributed by atoms with E-state index in [0.29, 0.717) is 39.9 Å². The summed E-state index contributed by atoms with van der Waals surface area (Å²) in [6.45, 7) is 0.437. The Morgan fingerprint density at radius 1 is 1.21 bits per heavy atom. The topological polar surface area (TPSA) is 153 Å². The molecule has 1 aliphatic carbocycles. The van der Waals surface area contributed by atoms with Crippen LogP contribution < -0.4 is 24.3 Å². The van der Waals surface area contributed by atoms with Crippen LogP contribution in [0.1, 0.15) is 35.2 Å². The van der Waals surface area contributed by atoms with Crippen LogP contribution in [0.2, 0.25) is 0 Å². The van der Waals surface area contributed by atoms with E-state index in [1.165, 1.54) is 19.3 Å². The Bertz CT molecular complexity index is 1390. The summed E-state index contributed by atoms with van der Waals surface area (Å²) >= 11 is 2.01. The summed E-state index contributed by atoms with van der Waals surface area (Å²) < 4.78 is 29.0. The van der Waals surface area contributed by atoms with Gasteiger partial charge in [0.2, 0.25) is 12.7 Å². The predicted octanol–water partition coefficient (Wildman–Crippen LogP) is 1.96. The van der Waals surface area contributed by atoms with Gasteiger partial charge in [0.1, 0.15) is 24.6 Å². The fourth-order valence-corrected chi connectivity index (χ4v) is 6.14. The highest BCUT2D eigenvalue weighted by Gasteiger charge is 2.43. The smallest absolute Gasteiger partial charge is 0.252 e. The average Bonchev–Trinajstić information content (AvgIpc) is 3.72. The van der Waals surface area contributed by atoms with Gasteiger partial charge < -0.3 is 44.1 Å². The number of aliphatic hydroxyl groups excluding tert-OH is 2. The van der Waals surface area contributed by atoms with Crippen LogP contribution in [-0.4, -0.2) is 91.2 Å². The van der Waals surface area contributed by atoms with E-state index in [4.69, 9.17) is 23.7 Å². The molecule has 0 radical (unpaired) electrons. The zero-order valence-corrected chi connectivity index (χ0v) is 25.7. The van der Waals surface area contributed by atoms with Crippen molar-refractivity contribution in [2.24, 2.45) is 0 Å². The maximum atomic E-state index is 14.0. The van der Waals surface area contributed by atoms with Crippen molar-refractivity contribution >= 4 is 40.7 Å². The Kier molecular flexibility index (Phi) is 10.1. The van der Waals surface area contributed by atoms with E-state index < -0.39 is 30.3 Å². The zero-order valence-electron chi connectivity index (χ0n) is 23.5. The Balaban J connectivity index is 1.51. The minimum absolute atomic E-state index is 0.0274. The summed E-state index contributed by atoms with van der Waals surface area (Å²) in [7, 11) is 1.43. The number of methoxy groups -OCH3 is 1. The van der Waals surface area contributed by atoms with Crippen LogP contribution in [0.4, 0.5) is 0 Å². The Morgan fingerprint density at radius 3 is 2.74 bits per heavy atom. The Labute approximate surface area is 262 Å². The number of carbonyl (C=O) groups excluding carboxylic acids is 3. The van der Waals surface area contributed by atoms with Crippen molar-refractivity contribution in [2.75, 3.05) is 33.7 Å². The number of rotatable bonds is 11. The predicted molar refractivity (Wildman–Crippen MR) is 160 cm³/mol. The van der Waals surface area contributed by atoms with Crippen LogP contribution in [0, 0.1) is 3.57 Å². The van der Waals surface area contributed by atoms with Gasteiger partial charge in [-0.05, 0) is 71.3 Å². The van der Waals surface area contributed by atoms with Gasteiger partial charge in [0.05, 0.1) is 23.3 Å². The van der Waals surface area contributed by atoms with E-state index in [2.05, 4.69) is 5.32 Å². The number of ether oxygens (including phenoxy) is 5. The quantitative estimate of drug-likeness (QED) is 0.234. The minimum Gasteiger partial charge on any atom is -0.493 e. The lowest BCUT2D eigenvalue weighted by atomic mass is 9.87. The van der Waals surface area contributed by atoms with Gasteiger partial charge in [0, 0.05) is 37.3 Å². The van der Waals surface area contributed by atoms with E-state index in [-0.39, 0.29) is 55.9 Å². The molecule has 13 heteroatoms. The minimum atomic E-state index is -1.26. The first-order chi connectivity index (χ1) is 20.8. The number of carbonyl (C=O) groups is 3. The van der Waals surface area contributed by atoms with Crippen molar-refractivity contribution in [2.45, 2.75) is 50.2 Å². The molecule has 3 aliphatic rings. The summed E-state index contributed by atoms with van der Waals surface area (Å²) in [4.78, 5) is 40.1. The highest BCUT2D eigenvalue weighted by Crippen LogP contribution is 2.38. The van der Waals surface area contributed by atoms with Crippen LogP contribution in [0.15, 0.2) is 42.0 Å². The van der Waals surface area contributed by atoms with E-state index >= 15 is 0 Å². The van der Waals surface area contributed by atoms with Crippen LogP contribution in [-0.2, 0) is 20.9 Å². The third-order valence-electron chi connectivity index (χ3n) is 7.53. The lowest BCUT2D eigenvalue weighted by molar-refractivity contribution is -0.149. The molecule has 0 bridgehead atoms. The molecule has 0 spiro atoms.